The summed E-state index contributed by atoms with van der Waals surface area (Å²) in [5.41, 5.74) is 1.72. The Labute approximate surface area is 149 Å². The molecular weight excluding hydrogens is 358 g/mol. The van der Waals surface area contributed by atoms with Gasteiger partial charge in [-0.2, -0.15) is 13.1 Å². The zero-order valence-electron chi connectivity index (χ0n) is 13.6. The minimum absolute atomic E-state index is 0.157. The van der Waals surface area contributed by atoms with E-state index in [1.807, 2.05) is 30.3 Å². The predicted octanol–water partition coefficient (Wildman–Crippen LogP) is 3.82. The van der Waals surface area contributed by atoms with E-state index in [4.69, 9.17) is 4.42 Å². The maximum atomic E-state index is 13.1. The van der Waals surface area contributed by atoms with Crippen molar-refractivity contribution in [1.29, 1.82) is 0 Å². The van der Waals surface area contributed by atoms with Crippen LogP contribution in [0.25, 0.3) is 22.0 Å². The van der Waals surface area contributed by atoms with Gasteiger partial charge in [-0.05, 0) is 31.2 Å². The molecule has 0 aliphatic rings. The number of fused-ring (bicyclic) bond motifs is 2. The van der Waals surface area contributed by atoms with Gasteiger partial charge >= 0.3 is 0 Å². The quantitative estimate of drug-likeness (QED) is 0.543. The molecule has 0 spiro atoms. The van der Waals surface area contributed by atoms with Gasteiger partial charge in [0.25, 0.3) is 0 Å². The van der Waals surface area contributed by atoms with Crippen molar-refractivity contribution in [3.05, 3.63) is 54.3 Å². The van der Waals surface area contributed by atoms with Crippen molar-refractivity contribution < 1.29 is 12.8 Å². The second kappa shape index (κ2) is 5.91. The Morgan fingerprint density at radius 2 is 1.92 bits per heavy atom. The van der Waals surface area contributed by atoms with E-state index < -0.39 is 16.1 Å². The van der Waals surface area contributed by atoms with Crippen molar-refractivity contribution in [2.45, 2.75) is 17.9 Å². The Kier molecular flexibility index (Phi) is 3.82. The van der Waals surface area contributed by atoms with Crippen LogP contribution >= 0.6 is 11.7 Å². The first-order valence-electron chi connectivity index (χ1n) is 7.66. The molecule has 2 heterocycles. The Morgan fingerprint density at radius 1 is 1.12 bits per heavy atom. The molecule has 25 heavy (non-hydrogen) atoms. The van der Waals surface area contributed by atoms with Crippen LogP contribution in [0.3, 0.4) is 0 Å². The monoisotopic (exact) mass is 373 g/mol. The maximum absolute atomic E-state index is 13.1. The number of nitrogens with zero attached hydrogens (tertiary/aromatic N) is 3. The summed E-state index contributed by atoms with van der Waals surface area (Å²) in [6, 6.07) is 14.0. The van der Waals surface area contributed by atoms with Gasteiger partial charge < -0.3 is 4.42 Å². The lowest BCUT2D eigenvalue weighted by Gasteiger charge is -2.22. The highest BCUT2D eigenvalue weighted by Gasteiger charge is 2.30. The zero-order chi connectivity index (χ0) is 17.6. The summed E-state index contributed by atoms with van der Waals surface area (Å²) in [6.45, 7) is 1.80. The molecule has 0 amide bonds. The minimum atomic E-state index is -3.74. The predicted molar refractivity (Wildman–Crippen MR) is 97.0 cm³/mol. The standard InChI is InChI=1S/C17H15N3O3S2/c1-11(15-10-12-6-3-4-8-14(12)23-15)20(2)25(21,22)16-9-5-7-13-17(16)19-24-18-13/h3-11H,1-2H3/t11-/m0/s1. The maximum Gasteiger partial charge on any atom is 0.245 e. The average molecular weight is 373 g/mol. The number of para-hydroxylation sites is 1. The van der Waals surface area contributed by atoms with E-state index in [2.05, 4.69) is 8.75 Å². The molecule has 0 saturated heterocycles. The fourth-order valence-electron chi connectivity index (χ4n) is 2.74. The molecule has 0 fully saturated rings. The van der Waals surface area contributed by atoms with Gasteiger partial charge in [-0.15, -0.1) is 0 Å². The van der Waals surface area contributed by atoms with E-state index in [1.165, 1.54) is 4.31 Å². The number of hydrogen-bond donors (Lipinski definition) is 0. The third-order valence-corrected chi connectivity index (χ3v) is 6.81. The molecule has 128 valence electrons. The van der Waals surface area contributed by atoms with Gasteiger partial charge in [0.05, 0.1) is 17.8 Å². The molecule has 2 aromatic heterocycles. The van der Waals surface area contributed by atoms with Crippen molar-refractivity contribution in [3.8, 4) is 0 Å². The van der Waals surface area contributed by atoms with E-state index in [0.29, 0.717) is 16.8 Å². The van der Waals surface area contributed by atoms with E-state index in [0.717, 1.165) is 22.7 Å². The van der Waals surface area contributed by atoms with Gasteiger partial charge in [0.15, 0.2) is 0 Å². The first kappa shape index (κ1) is 16.2. The van der Waals surface area contributed by atoms with Crippen LogP contribution in [0.4, 0.5) is 0 Å². The van der Waals surface area contributed by atoms with Crippen LogP contribution < -0.4 is 0 Å². The van der Waals surface area contributed by atoms with Crippen LogP contribution in [0.5, 0.6) is 0 Å². The molecule has 4 aromatic rings. The molecule has 8 heteroatoms. The second-order valence-corrected chi connectivity index (χ2v) is 8.27. The lowest BCUT2D eigenvalue weighted by molar-refractivity contribution is 0.348. The molecule has 0 N–H and O–H groups in total. The summed E-state index contributed by atoms with van der Waals surface area (Å²) in [4.78, 5) is 0.157. The van der Waals surface area contributed by atoms with Crippen molar-refractivity contribution in [2.24, 2.45) is 0 Å². The normalized spacial score (nSPS) is 13.7. The van der Waals surface area contributed by atoms with Crippen molar-refractivity contribution in [1.82, 2.24) is 13.1 Å². The second-order valence-electron chi connectivity index (χ2n) is 5.77. The summed E-state index contributed by atoms with van der Waals surface area (Å²) < 4.78 is 41.6. The Bertz CT molecular complexity index is 1130. The average Bonchev–Trinajstić information content (AvgIpc) is 3.26. The molecular formula is C17H15N3O3S2. The van der Waals surface area contributed by atoms with Gasteiger partial charge in [0.1, 0.15) is 27.3 Å². The van der Waals surface area contributed by atoms with Crippen LogP contribution in [-0.2, 0) is 10.0 Å². The van der Waals surface area contributed by atoms with Gasteiger partial charge in [-0.3, -0.25) is 0 Å². The third kappa shape index (κ3) is 2.62. The summed E-state index contributed by atoms with van der Waals surface area (Å²) in [6.07, 6.45) is 0. The van der Waals surface area contributed by atoms with E-state index in [1.54, 1.807) is 32.2 Å². The first-order chi connectivity index (χ1) is 12.0. The number of sulfonamides is 1. The number of hydrogen-bond acceptors (Lipinski definition) is 6. The third-order valence-electron chi connectivity index (χ3n) is 4.31. The molecule has 0 radical (unpaired) electrons. The number of aromatic nitrogens is 2. The number of furan rings is 1. The van der Waals surface area contributed by atoms with Crippen LogP contribution in [0.15, 0.2) is 57.8 Å². The van der Waals surface area contributed by atoms with E-state index in [-0.39, 0.29) is 4.90 Å². The van der Waals surface area contributed by atoms with Gasteiger partial charge in [0.2, 0.25) is 10.0 Å². The molecule has 0 aliphatic carbocycles. The van der Waals surface area contributed by atoms with Crippen LogP contribution in [-0.4, -0.2) is 28.5 Å². The largest absolute Gasteiger partial charge is 0.459 e. The van der Waals surface area contributed by atoms with E-state index >= 15 is 0 Å². The molecule has 4 rings (SSSR count). The fraction of sp³-hybridized carbons (Fsp3) is 0.176. The molecule has 1 atom stereocenters. The Balaban J connectivity index is 1.75. The molecule has 0 saturated carbocycles. The summed E-state index contributed by atoms with van der Waals surface area (Å²) >= 11 is 1.00. The lowest BCUT2D eigenvalue weighted by atomic mass is 10.2. The molecule has 0 unspecified atom stereocenters. The van der Waals surface area contributed by atoms with Crippen molar-refractivity contribution >= 4 is 43.8 Å². The van der Waals surface area contributed by atoms with Crippen LogP contribution in [0.2, 0.25) is 0 Å². The number of benzene rings is 2. The highest BCUT2D eigenvalue weighted by Crippen LogP contribution is 2.32. The van der Waals surface area contributed by atoms with Gasteiger partial charge in [-0.1, -0.05) is 24.3 Å². The van der Waals surface area contributed by atoms with E-state index in [9.17, 15) is 8.42 Å². The van der Waals surface area contributed by atoms with Gasteiger partial charge in [0, 0.05) is 12.4 Å². The topological polar surface area (TPSA) is 76.3 Å². The smallest absolute Gasteiger partial charge is 0.245 e. The lowest BCUT2D eigenvalue weighted by Crippen LogP contribution is -2.29. The first-order valence-corrected chi connectivity index (χ1v) is 9.83. The molecule has 0 bridgehead atoms. The van der Waals surface area contributed by atoms with Gasteiger partial charge in [-0.25, -0.2) is 8.42 Å². The molecule has 2 aromatic carbocycles. The summed E-state index contributed by atoms with van der Waals surface area (Å²) in [5, 5.41) is 0.945. The van der Waals surface area contributed by atoms with Crippen molar-refractivity contribution in [3.63, 3.8) is 0 Å². The van der Waals surface area contributed by atoms with Crippen LogP contribution in [0, 0.1) is 0 Å². The Morgan fingerprint density at radius 3 is 2.72 bits per heavy atom. The summed E-state index contributed by atoms with van der Waals surface area (Å²) in [7, 11) is -2.20. The SMILES string of the molecule is C[C@@H](c1cc2ccccc2o1)N(C)S(=O)(=O)c1cccc2nsnc12. The van der Waals surface area contributed by atoms with Crippen molar-refractivity contribution in [2.75, 3.05) is 7.05 Å². The highest BCUT2D eigenvalue weighted by molar-refractivity contribution is 7.89. The number of rotatable bonds is 4. The van der Waals surface area contributed by atoms with Crippen LogP contribution in [0.1, 0.15) is 18.7 Å². The fourth-order valence-corrected chi connectivity index (χ4v) is 4.82. The Hall–Kier alpha value is -2.29. The zero-order valence-corrected chi connectivity index (χ0v) is 15.2. The minimum Gasteiger partial charge on any atom is -0.459 e. The molecule has 0 aliphatic heterocycles. The highest BCUT2D eigenvalue weighted by atomic mass is 32.2. The molecule has 6 nitrogen and oxygen atoms in total. The summed E-state index contributed by atoms with van der Waals surface area (Å²) in [5.74, 6) is 0.593.